The second kappa shape index (κ2) is 4.02. The Bertz CT molecular complexity index is 217. The molecule has 0 saturated carbocycles. The van der Waals surface area contributed by atoms with Gasteiger partial charge in [-0.1, -0.05) is 0 Å². The molecule has 13 heavy (non-hydrogen) atoms. The Hall–Kier alpha value is -0.0100. The summed E-state index contributed by atoms with van der Waals surface area (Å²) < 4.78 is 19.4. The van der Waals surface area contributed by atoms with Crippen molar-refractivity contribution >= 4 is 7.82 Å². The fraction of sp³-hybridized carbons (Fsp3) is 1.00. The van der Waals surface area contributed by atoms with Crippen molar-refractivity contribution in [3.63, 3.8) is 0 Å². The van der Waals surface area contributed by atoms with Crippen LogP contribution in [0.15, 0.2) is 0 Å². The monoisotopic (exact) mass is 213 g/mol. The van der Waals surface area contributed by atoms with Gasteiger partial charge in [0.1, 0.15) is 12.3 Å². The zero-order valence-corrected chi connectivity index (χ0v) is 7.63. The molecule has 1 saturated heterocycles. The average Bonchev–Trinajstić information content (AvgIpc) is 2.24. The van der Waals surface area contributed by atoms with Gasteiger partial charge in [-0.05, 0) is 0 Å². The van der Waals surface area contributed by atoms with Crippen LogP contribution in [0.4, 0.5) is 0 Å². The van der Waals surface area contributed by atoms with Crippen LogP contribution in [0.5, 0.6) is 0 Å². The van der Waals surface area contributed by atoms with Crippen LogP contribution >= 0.6 is 7.82 Å². The third kappa shape index (κ3) is 3.70. The summed E-state index contributed by atoms with van der Waals surface area (Å²) >= 11 is 0. The van der Waals surface area contributed by atoms with Gasteiger partial charge in [-0.3, -0.25) is 4.52 Å². The van der Waals surface area contributed by atoms with Gasteiger partial charge in [0, 0.05) is 6.42 Å². The zero-order chi connectivity index (χ0) is 10.1. The first kappa shape index (κ1) is 11.1. The van der Waals surface area contributed by atoms with Crippen molar-refractivity contribution < 1.29 is 28.7 Å². The molecule has 1 aliphatic heterocycles. The summed E-state index contributed by atoms with van der Waals surface area (Å²) in [6.07, 6.45) is -1.95. The quantitative estimate of drug-likeness (QED) is 0.422. The number of hydrogen-bond donors (Lipinski definition) is 4. The minimum Gasteiger partial charge on any atom is -0.390 e. The normalized spacial score (nSPS) is 35.2. The van der Waals surface area contributed by atoms with Gasteiger partial charge in [0.2, 0.25) is 0 Å². The molecule has 0 unspecified atom stereocenters. The molecule has 0 aromatic carbocycles. The SMILES string of the molecule is N[C@H]1C[C@H](O)[C@@H](COP(=O)(O)O)O1. The largest absolute Gasteiger partial charge is 0.469 e. The molecule has 1 heterocycles. The molecule has 0 spiro atoms. The third-order valence-corrected chi connectivity index (χ3v) is 2.14. The Morgan fingerprint density at radius 2 is 2.23 bits per heavy atom. The van der Waals surface area contributed by atoms with Crippen molar-refractivity contribution in [2.24, 2.45) is 5.73 Å². The Balaban J connectivity index is 2.34. The minimum absolute atomic E-state index is 0.245. The number of hydrogen-bond acceptors (Lipinski definition) is 5. The average molecular weight is 213 g/mol. The van der Waals surface area contributed by atoms with Gasteiger partial charge in [-0.2, -0.15) is 0 Å². The highest BCUT2D eigenvalue weighted by molar-refractivity contribution is 7.46. The molecule has 0 aromatic heterocycles. The zero-order valence-electron chi connectivity index (χ0n) is 6.74. The van der Waals surface area contributed by atoms with E-state index in [1.165, 1.54) is 0 Å². The minimum atomic E-state index is -4.50. The highest BCUT2D eigenvalue weighted by Gasteiger charge is 2.33. The molecule has 0 bridgehead atoms. The maximum Gasteiger partial charge on any atom is 0.469 e. The molecule has 1 rings (SSSR count). The van der Waals surface area contributed by atoms with E-state index in [4.69, 9.17) is 20.3 Å². The lowest BCUT2D eigenvalue weighted by Gasteiger charge is -2.14. The van der Waals surface area contributed by atoms with Crippen LogP contribution < -0.4 is 5.73 Å². The van der Waals surface area contributed by atoms with Crippen LogP contribution in [-0.2, 0) is 13.8 Å². The summed E-state index contributed by atoms with van der Waals surface area (Å²) in [4.78, 5) is 16.7. The number of aliphatic hydroxyl groups is 1. The number of phosphoric ester groups is 1. The second-order valence-electron chi connectivity index (χ2n) is 2.80. The van der Waals surface area contributed by atoms with E-state index in [0.717, 1.165) is 0 Å². The van der Waals surface area contributed by atoms with E-state index in [1.54, 1.807) is 0 Å². The van der Waals surface area contributed by atoms with E-state index in [-0.39, 0.29) is 13.0 Å². The van der Waals surface area contributed by atoms with Crippen LogP contribution in [0.25, 0.3) is 0 Å². The van der Waals surface area contributed by atoms with Crippen molar-refractivity contribution in [2.45, 2.75) is 24.9 Å². The van der Waals surface area contributed by atoms with Crippen molar-refractivity contribution in [3.05, 3.63) is 0 Å². The lowest BCUT2D eigenvalue weighted by molar-refractivity contribution is -0.0197. The van der Waals surface area contributed by atoms with E-state index < -0.39 is 26.3 Å². The fourth-order valence-corrected chi connectivity index (χ4v) is 1.42. The van der Waals surface area contributed by atoms with Crippen LogP contribution in [-0.4, -0.2) is 39.9 Å². The van der Waals surface area contributed by atoms with Crippen LogP contribution in [0, 0.1) is 0 Å². The van der Waals surface area contributed by atoms with Gasteiger partial charge in [-0.25, -0.2) is 4.57 Å². The van der Waals surface area contributed by atoms with Crippen molar-refractivity contribution in [1.29, 1.82) is 0 Å². The van der Waals surface area contributed by atoms with Gasteiger partial charge in [0.15, 0.2) is 0 Å². The highest BCUT2D eigenvalue weighted by atomic mass is 31.2. The summed E-state index contributed by atoms with van der Waals surface area (Å²) in [5.74, 6) is 0. The predicted molar refractivity (Wildman–Crippen MR) is 41.5 cm³/mol. The molecule has 0 amide bonds. The number of phosphoric acid groups is 1. The second-order valence-corrected chi connectivity index (χ2v) is 4.04. The lowest BCUT2D eigenvalue weighted by atomic mass is 10.2. The molecule has 0 radical (unpaired) electrons. The van der Waals surface area contributed by atoms with Gasteiger partial charge in [-0.15, -0.1) is 0 Å². The number of ether oxygens (including phenoxy) is 1. The van der Waals surface area contributed by atoms with Gasteiger partial charge >= 0.3 is 7.82 Å². The molecule has 7 nitrogen and oxygen atoms in total. The summed E-state index contributed by atoms with van der Waals surface area (Å²) in [7, 11) is -4.50. The molecule has 5 N–H and O–H groups in total. The maximum atomic E-state index is 10.3. The van der Waals surface area contributed by atoms with E-state index in [9.17, 15) is 9.67 Å². The van der Waals surface area contributed by atoms with Gasteiger partial charge in [0.05, 0.1) is 12.7 Å². The molecule has 1 aliphatic rings. The first-order valence-corrected chi connectivity index (χ1v) is 5.21. The number of nitrogens with two attached hydrogens (primary N) is 1. The molecule has 8 heteroatoms. The van der Waals surface area contributed by atoms with Crippen molar-refractivity contribution in [1.82, 2.24) is 0 Å². The Labute approximate surface area is 74.7 Å². The molecular weight excluding hydrogens is 201 g/mol. The number of aliphatic hydroxyl groups excluding tert-OH is 1. The Kier molecular flexibility index (Phi) is 3.42. The lowest BCUT2D eigenvalue weighted by Crippen LogP contribution is -2.26. The van der Waals surface area contributed by atoms with E-state index in [2.05, 4.69) is 4.52 Å². The van der Waals surface area contributed by atoms with Crippen LogP contribution in [0.3, 0.4) is 0 Å². The fourth-order valence-electron chi connectivity index (χ4n) is 1.08. The Morgan fingerprint density at radius 1 is 1.62 bits per heavy atom. The molecule has 0 aliphatic carbocycles. The summed E-state index contributed by atoms with van der Waals surface area (Å²) in [6, 6.07) is 0. The van der Waals surface area contributed by atoms with E-state index >= 15 is 0 Å². The maximum absolute atomic E-state index is 10.3. The highest BCUT2D eigenvalue weighted by Crippen LogP contribution is 2.36. The first-order valence-electron chi connectivity index (χ1n) is 3.67. The topological polar surface area (TPSA) is 122 Å². The summed E-state index contributed by atoms with van der Waals surface area (Å²) in [6.45, 7) is -0.362. The smallest absolute Gasteiger partial charge is 0.390 e. The standard InChI is InChI=1S/C5H12NO6P/c6-5-1-3(7)4(12-5)2-11-13(8,9)10/h3-5,7H,1-2,6H2,(H2,8,9,10)/t3-,4+,5+/m0/s1. The summed E-state index contributed by atoms with van der Waals surface area (Å²) in [5, 5.41) is 9.22. The molecule has 1 fully saturated rings. The van der Waals surface area contributed by atoms with Crippen LogP contribution in [0.1, 0.15) is 6.42 Å². The predicted octanol–water partition coefficient (Wildman–Crippen LogP) is -1.47. The van der Waals surface area contributed by atoms with E-state index in [1.807, 2.05) is 0 Å². The Morgan fingerprint density at radius 3 is 2.62 bits per heavy atom. The van der Waals surface area contributed by atoms with Crippen molar-refractivity contribution in [3.8, 4) is 0 Å². The van der Waals surface area contributed by atoms with E-state index in [0.29, 0.717) is 0 Å². The number of rotatable bonds is 3. The summed E-state index contributed by atoms with van der Waals surface area (Å²) in [5.41, 5.74) is 5.32. The van der Waals surface area contributed by atoms with Crippen molar-refractivity contribution in [2.75, 3.05) is 6.61 Å². The van der Waals surface area contributed by atoms with Crippen LogP contribution in [0.2, 0.25) is 0 Å². The third-order valence-electron chi connectivity index (χ3n) is 1.66. The molecular formula is C5H12NO6P. The van der Waals surface area contributed by atoms with Gasteiger partial charge in [0.25, 0.3) is 0 Å². The van der Waals surface area contributed by atoms with Gasteiger partial charge < -0.3 is 25.4 Å². The molecule has 3 atom stereocenters. The molecule has 78 valence electrons. The molecule has 0 aromatic rings. The first-order chi connectivity index (χ1) is 5.88.